The third-order valence-electron chi connectivity index (χ3n) is 3.99. The monoisotopic (exact) mass is 337 g/mol. The Kier molecular flexibility index (Phi) is 3.58. The molecule has 3 heterocycles. The van der Waals surface area contributed by atoms with Crippen molar-refractivity contribution in [3.63, 3.8) is 0 Å². The summed E-state index contributed by atoms with van der Waals surface area (Å²) in [6.07, 6.45) is 16.1. The minimum Gasteiger partial charge on any atom is -0.363 e. The van der Waals surface area contributed by atoms with Crippen molar-refractivity contribution < 1.29 is 0 Å². The molecule has 5 nitrogen and oxygen atoms in total. The molecule has 4 rings (SSSR count). The van der Waals surface area contributed by atoms with Crippen molar-refractivity contribution in [3.8, 4) is 0 Å². The van der Waals surface area contributed by atoms with Gasteiger partial charge in [-0.3, -0.25) is 4.99 Å². The summed E-state index contributed by atoms with van der Waals surface area (Å²) in [5.41, 5.74) is 3.58. The Hall–Kier alpha value is -2.66. The fourth-order valence-electron chi connectivity index (χ4n) is 2.84. The van der Waals surface area contributed by atoms with Gasteiger partial charge in [-0.25, -0.2) is 4.98 Å². The van der Waals surface area contributed by atoms with Crippen LogP contribution in [-0.4, -0.2) is 34.9 Å². The number of fused-ring (bicyclic) bond motifs is 2. The average molecular weight is 338 g/mol. The number of rotatable bonds is 2. The predicted octanol–water partition coefficient (Wildman–Crippen LogP) is 3.54. The average Bonchev–Trinajstić information content (AvgIpc) is 2.72. The molecule has 6 heteroatoms. The third kappa shape index (κ3) is 2.57. The second-order valence-corrected chi connectivity index (χ2v) is 6.31. The molecule has 2 aromatic heterocycles. The van der Waals surface area contributed by atoms with E-state index in [-0.39, 0.29) is 5.92 Å². The number of hydrogen-bond donors (Lipinski definition) is 0. The highest BCUT2D eigenvalue weighted by Gasteiger charge is 2.16. The molecule has 0 radical (unpaired) electrons. The third-order valence-corrected chi connectivity index (χ3v) is 4.18. The van der Waals surface area contributed by atoms with Crippen LogP contribution in [0.2, 0.25) is 5.15 Å². The number of aromatic nitrogens is 3. The van der Waals surface area contributed by atoms with E-state index in [0.29, 0.717) is 5.15 Å². The Morgan fingerprint density at radius 3 is 2.92 bits per heavy atom. The van der Waals surface area contributed by atoms with Gasteiger partial charge in [-0.1, -0.05) is 35.9 Å². The molecule has 0 saturated carbocycles. The molecule has 2 aromatic rings. The molecule has 1 atom stereocenters. The van der Waals surface area contributed by atoms with Gasteiger partial charge in [0.2, 0.25) is 0 Å². The fourth-order valence-corrected chi connectivity index (χ4v) is 3.02. The zero-order valence-corrected chi connectivity index (χ0v) is 14.1. The lowest BCUT2D eigenvalue weighted by molar-refractivity contribution is 0.896. The van der Waals surface area contributed by atoms with Crippen molar-refractivity contribution in [3.05, 3.63) is 65.1 Å². The van der Waals surface area contributed by atoms with Crippen LogP contribution in [0.25, 0.3) is 11.2 Å². The highest BCUT2D eigenvalue weighted by molar-refractivity contribution is 6.29. The van der Waals surface area contributed by atoms with Crippen molar-refractivity contribution in [1.29, 1.82) is 0 Å². The van der Waals surface area contributed by atoms with Gasteiger partial charge in [-0.2, -0.15) is 9.61 Å². The summed E-state index contributed by atoms with van der Waals surface area (Å²) in [5.74, 6) is 1.07. The van der Waals surface area contributed by atoms with E-state index in [1.54, 1.807) is 10.6 Å². The van der Waals surface area contributed by atoms with E-state index < -0.39 is 0 Å². The van der Waals surface area contributed by atoms with Gasteiger partial charge in [0.25, 0.3) is 0 Å². The van der Waals surface area contributed by atoms with Crippen LogP contribution in [0, 0.1) is 5.92 Å². The largest absolute Gasteiger partial charge is 0.363 e. The maximum atomic E-state index is 6.22. The van der Waals surface area contributed by atoms with Gasteiger partial charge in [0, 0.05) is 43.4 Å². The molecule has 0 spiro atoms. The molecular formula is C18H16ClN5. The number of hydrogen-bond acceptors (Lipinski definition) is 4. The molecule has 1 unspecified atom stereocenters. The van der Waals surface area contributed by atoms with Crippen molar-refractivity contribution in [2.45, 2.75) is 0 Å². The Morgan fingerprint density at radius 2 is 2.08 bits per heavy atom. The Bertz CT molecular complexity index is 959. The SMILES string of the molecule is CN(C)c1cc(Cl)nc2c(C3=CC4C=CC=CC(=C4)N=C3)cnn12. The van der Waals surface area contributed by atoms with E-state index in [2.05, 4.69) is 33.3 Å². The van der Waals surface area contributed by atoms with Crippen LogP contribution in [-0.2, 0) is 0 Å². The predicted molar refractivity (Wildman–Crippen MR) is 98.6 cm³/mol. The van der Waals surface area contributed by atoms with E-state index in [0.717, 1.165) is 28.3 Å². The van der Waals surface area contributed by atoms with Gasteiger partial charge in [0.15, 0.2) is 5.65 Å². The summed E-state index contributed by atoms with van der Waals surface area (Å²) < 4.78 is 1.80. The smallest absolute Gasteiger partial charge is 0.166 e. The summed E-state index contributed by atoms with van der Waals surface area (Å²) in [5, 5.41) is 4.94. The summed E-state index contributed by atoms with van der Waals surface area (Å²) in [6, 6.07) is 1.80. The summed E-state index contributed by atoms with van der Waals surface area (Å²) >= 11 is 6.22. The first-order valence-electron chi connectivity index (χ1n) is 7.66. The molecule has 24 heavy (non-hydrogen) atoms. The van der Waals surface area contributed by atoms with E-state index in [4.69, 9.17) is 11.6 Å². The summed E-state index contributed by atoms with van der Waals surface area (Å²) in [7, 11) is 3.91. The molecule has 0 fully saturated rings. The topological polar surface area (TPSA) is 45.8 Å². The quantitative estimate of drug-likeness (QED) is 0.787. The molecule has 0 amide bonds. The normalized spacial score (nSPS) is 19.0. The van der Waals surface area contributed by atoms with Gasteiger partial charge < -0.3 is 4.90 Å². The van der Waals surface area contributed by atoms with E-state index in [1.807, 2.05) is 49.6 Å². The lowest BCUT2D eigenvalue weighted by Gasteiger charge is -2.14. The Balaban J connectivity index is 1.87. The Labute approximate surface area is 145 Å². The highest BCUT2D eigenvalue weighted by Crippen LogP contribution is 2.28. The lowest BCUT2D eigenvalue weighted by atomic mass is 10.0. The van der Waals surface area contributed by atoms with Crippen molar-refractivity contribution in [1.82, 2.24) is 14.6 Å². The van der Waals surface area contributed by atoms with Crippen LogP contribution in [0.3, 0.4) is 0 Å². The van der Waals surface area contributed by atoms with Crippen molar-refractivity contribution in [2.24, 2.45) is 10.9 Å². The molecule has 120 valence electrons. The second kappa shape index (κ2) is 5.76. The summed E-state index contributed by atoms with van der Waals surface area (Å²) in [6.45, 7) is 0. The maximum absolute atomic E-state index is 6.22. The molecule has 0 aromatic carbocycles. The van der Waals surface area contributed by atoms with Crippen LogP contribution in [0.4, 0.5) is 5.82 Å². The minimum atomic E-state index is 0.190. The number of halogens is 1. The van der Waals surface area contributed by atoms with Gasteiger partial charge in [-0.05, 0) is 12.2 Å². The van der Waals surface area contributed by atoms with E-state index in [9.17, 15) is 0 Å². The highest BCUT2D eigenvalue weighted by atomic mass is 35.5. The summed E-state index contributed by atoms with van der Waals surface area (Å²) in [4.78, 5) is 11.0. The van der Waals surface area contributed by atoms with Crippen LogP contribution in [0.15, 0.2) is 59.4 Å². The fraction of sp³-hybridized carbons (Fsp3) is 0.167. The van der Waals surface area contributed by atoms with Gasteiger partial charge in [0.1, 0.15) is 11.0 Å². The number of allylic oxidation sites excluding steroid dienone is 7. The molecule has 0 saturated heterocycles. The van der Waals surface area contributed by atoms with E-state index >= 15 is 0 Å². The molecule has 0 N–H and O–H groups in total. The van der Waals surface area contributed by atoms with Crippen LogP contribution >= 0.6 is 11.6 Å². The lowest BCUT2D eigenvalue weighted by Crippen LogP contribution is -2.14. The molecular weight excluding hydrogens is 322 g/mol. The minimum absolute atomic E-state index is 0.190. The van der Waals surface area contributed by atoms with Crippen molar-refractivity contribution in [2.75, 3.05) is 19.0 Å². The molecule has 2 bridgehead atoms. The molecule has 2 aliphatic rings. The standard InChI is InChI=1S/C18H16ClN5/c1-23(2)17-9-16(19)22-18-15(11-21-24(17)18)13-7-12-5-3-4-6-14(8-12)20-10-13/h3-12H,1-2H3. The zero-order valence-electron chi connectivity index (χ0n) is 13.4. The first kappa shape index (κ1) is 14.9. The Morgan fingerprint density at radius 1 is 1.21 bits per heavy atom. The molecule has 1 aliphatic heterocycles. The second-order valence-electron chi connectivity index (χ2n) is 5.92. The van der Waals surface area contributed by atoms with Crippen LogP contribution in [0.5, 0.6) is 0 Å². The van der Waals surface area contributed by atoms with Gasteiger partial charge in [0.05, 0.1) is 11.9 Å². The van der Waals surface area contributed by atoms with Crippen LogP contribution in [0.1, 0.15) is 5.56 Å². The first-order valence-corrected chi connectivity index (χ1v) is 8.04. The molecule has 1 aliphatic carbocycles. The van der Waals surface area contributed by atoms with Crippen molar-refractivity contribution >= 4 is 34.9 Å². The number of anilines is 1. The van der Waals surface area contributed by atoms with Gasteiger partial charge >= 0.3 is 0 Å². The van der Waals surface area contributed by atoms with Gasteiger partial charge in [-0.15, -0.1) is 0 Å². The van der Waals surface area contributed by atoms with Crippen LogP contribution < -0.4 is 4.90 Å². The number of aliphatic imine (C=N–C) groups is 1. The maximum Gasteiger partial charge on any atom is 0.166 e. The first-order chi connectivity index (χ1) is 11.6. The number of nitrogens with zero attached hydrogens (tertiary/aromatic N) is 5. The van der Waals surface area contributed by atoms with E-state index in [1.165, 1.54) is 0 Å². The zero-order chi connectivity index (χ0) is 16.7.